The predicted molar refractivity (Wildman–Crippen MR) is 92.8 cm³/mol. The fraction of sp³-hybridized carbons (Fsp3) is 0.389. The van der Waals surface area contributed by atoms with Crippen LogP contribution in [0.15, 0.2) is 30.3 Å². The molecule has 1 N–H and O–H groups in total. The van der Waals surface area contributed by atoms with Gasteiger partial charge in [-0.2, -0.15) is 13.2 Å². The summed E-state index contributed by atoms with van der Waals surface area (Å²) in [6.45, 7) is 2.73. The number of carboxylic acids is 1. The van der Waals surface area contributed by atoms with Gasteiger partial charge in [0.05, 0.1) is 5.56 Å². The van der Waals surface area contributed by atoms with E-state index >= 15 is 0 Å². The van der Waals surface area contributed by atoms with Gasteiger partial charge in [-0.3, -0.25) is 4.90 Å². The standard InChI is InChI=1S/C18H18F4N4O2/c19-13-1-2-14(18(20,21)22)12(11-13)5-6-25-7-9-26(10-8-25)16-4-3-15(17(27)28)23-24-16/h1-4,11H,5-10H2,(H,27,28). The molecule has 1 aromatic heterocycles. The average molecular weight is 398 g/mol. The Kier molecular flexibility index (Phi) is 5.78. The van der Waals surface area contributed by atoms with E-state index in [1.165, 1.54) is 6.07 Å². The lowest BCUT2D eigenvalue weighted by atomic mass is 10.0. The lowest BCUT2D eigenvalue weighted by Gasteiger charge is -2.35. The molecule has 6 nitrogen and oxygen atoms in total. The van der Waals surface area contributed by atoms with Crippen LogP contribution in [0.25, 0.3) is 0 Å². The Bertz CT molecular complexity index is 834. The highest BCUT2D eigenvalue weighted by Crippen LogP contribution is 2.32. The van der Waals surface area contributed by atoms with Crippen molar-refractivity contribution in [3.8, 4) is 0 Å². The van der Waals surface area contributed by atoms with Crippen molar-refractivity contribution >= 4 is 11.8 Å². The summed E-state index contributed by atoms with van der Waals surface area (Å²) in [6.07, 6.45) is -4.41. The number of carbonyl (C=O) groups is 1. The van der Waals surface area contributed by atoms with Gasteiger partial charge in [0.2, 0.25) is 0 Å². The summed E-state index contributed by atoms with van der Waals surface area (Å²) in [5, 5.41) is 16.4. The third kappa shape index (κ3) is 4.75. The fourth-order valence-corrected chi connectivity index (χ4v) is 3.13. The summed E-state index contributed by atoms with van der Waals surface area (Å²) in [4.78, 5) is 14.7. The number of benzene rings is 1. The van der Waals surface area contributed by atoms with Crippen LogP contribution in [0.3, 0.4) is 0 Å². The van der Waals surface area contributed by atoms with Gasteiger partial charge in [0.15, 0.2) is 11.5 Å². The monoisotopic (exact) mass is 398 g/mol. The topological polar surface area (TPSA) is 69.6 Å². The van der Waals surface area contributed by atoms with Crippen LogP contribution in [0.4, 0.5) is 23.4 Å². The van der Waals surface area contributed by atoms with E-state index in [9.17, 15) is 22.4 Å². The predicted octanol–water partition coefficient (Wildman–Crippen LogP) is 2.70. The van der Waals surface area contributed by atoms with Crippen LogP contribution in [0, 0.1) is 5.82 Å². The number of alkyl halides is 3. The lowest BCUT2D eigenvalue weighted by molar-refractivity contribution is -0.138. The number of hydrogen-bond acceptors (Lipinski definition) is 5. The minimum atomic E-state index is -4.51. The molecule has 10 heteroatoms. The van der Waals surface area contributed by atoms with E-state index in [0.29, 0.717) is 38.5 Å². The largest absolute Gasteiger partial charge is 0.476 e. The van der Waals surface area contributed by atoms with Crippen molar-refractivity contribution in [1.82, 2.24) is 15.1 Å². The summed E-state index contributed by atoms with van der Waals surface area (Å²) in [5.74, 6) is -1.29. The number of nitrogens with zero attached hydrogens (tertiary/aromatic N) is 4. The van der Waals surface area contributed by atoms with Crippen LogP contribution < -0.4 is 4.90 Å². The Hall–Kier alpha value is -2.75. The maximum Gasteiger partial charge on any atom is 0.416 e. The van der Waals surface area contributed by atoms with E-state index in [1.54, 1.807) is 6.07 Å². The maximum atomic E-state index is 13.4. The van der Waals surface area contributed by atoms with Crippen molar-refractivity contribution in [2.45, 2.75) is 12.6 Å². The molecule has 0 atom stereocenters. The summed E-state index contributed by atoms with van der Waals surface area (Å²) in [7, 11) is 0. The van der Waals surface area contributed by atoms with E-state index in [-0.39, 0.29) is 17.7 Å². The van der Waals surface area contributed by atoms with Crippen molar-refractivity contribution in [3.63, 3.8) is 0 Å². The van der Waals surface area contributed by atoms with Gasteiger partial charge >= 0.3 is 12.1 Å². The quantitative estimate of drug-likeness (QED) is 0.782. The number of aromatic carboxylic acids is 1. The Morgan fingerprint density at radius 3 is 2.36 bits per heavy atom. The number of halogens is 4. The van der Waals surface area contributed by atoms with Crippen molar-refractivity contribution in [3.05, 3.63) is 53.0 Å². The van der Waals surface area contributed by atoms with Crippen molar-refractivity contribution < 1.29 is 27.5 Å². The summed E-state index contributed by atoms with van der Waals surface area (Å²) in [6, 6.07) is 5.50. The zero-order valence-corrected chi connectivity index (χ0v) is 14.8. The Morgan fingerprint density at radius 2 is 1.79 bits per heavy atom. The number of aromatic nitrogens is 2. The van der Waals surface area contributed by atoms with Crippen LogP contribution in [0.1, 0.15) is 21.6 Å². The Labute approximate surface area is 158 Å². The van der Waals surface area contributed by atoms with E-state index < -0.39 is 23.5 Å². The first-order valence-electron chi connectivity index (χ1n) is 8.64. The molecule has 0 aliphatic carbocycles. The SMILES string of the molecule is O=C(O)c1ccc(N2CCN(CCc3cc(F)ccc3C(F)(F)F)CC2)nn1. The third-order valence-electron chi connectivity index (χ3n) is 4.64. The van der Waals surface area contributed by atoms with Crippen LogP contribution in [-0.2, 0) is 12.6 Å². The normalized spacial score (nSPS) is 15.6. The first kappa shape index (κ1) is 20.0. The number of carboxylic acid groups (broad SMARTS) is 1. The fourth-order valence-electron chi connectivity index (χ4n) is 3.13. The molecule has 1 aliphatic heterocycles. The van der Waals surface area contributed by atoms with Gasteiger partial charge in [-0.1, -0.05) is 0 Å². The molecular weight excluding hydrogens is 380 g/mol. The zero-order chi connectivity index (χ0) is 20.3. The molecule has 150 valence electrons. The van der Waals surface area contributed by atoms with Gasteiger partial charge in [0.1, 0.15) is 5.82 Å². The number of rotatable bonds is 5. The molecule has 0 unspecified atom stereocenters. The van der Waals surface area contributed by atoms with Crippen molar-refractivity contribution in [1.29, 1.82) is 0 Å². The van der Waals surface area contributed by atoms with Crippen LogP contribution in [0.2, 0.25) is 0 Å². The van der Waals surface area contributed by atoms with Gasteiger partial charge in [0.25, 0.3) is 0 Å². The highest BCUT2D eigenvalue weighted by molar-refractivity contribution is 5.85. The molecule has 0 saturated carbocycles. The number of piperazine rings is 1. The summed E-state index contributed by atoms with van der Waals surface area (Å²) < 4.78 is 52.6. The molecule has 0 bridgehead atoms. The molecule has 1 aromatic carbocycles. The molecule has 2 aromatic rings. The molecule has 2 heterocycles. The highest BCUT2D eigenvalue weighted by atomic mass is 19.4. The maximum absolute atomic E-state index is 13.4. The molecule has 28 heavy (non-hydrogen) atoms. The molecule has 3 rings (SSSR count). The van der Waals surface area contributed by atoms with Gasteiger partial charge in [-0.15, -0.1) is 10.2 Å². The second-order valence-corrected chi connectivity index (χ2v) is 6.46. The number of anilines is 1. The van der Waals surface area contributed by atoms with Crippen LogP contribution >= 0.6 is 0 Å². The molecule has 1 saturated heterocycles. The van der Waals surface area contributed by atoms with E-state index in [2.05, 4.69) is 10.2 Å². The van der Waals surface area contributed by atoms with Gasteiger partial charge in [-0.25, -0.2) is 9.18 Å². The lowest BCUT2D eigenvalue weighted by Crippen LogP contribution is -2.47. The van der Waals surface area contributed by atoms with Crippen LogP contribution in [-0.4, -0.2) is 58.9 Å². The molecule has 1 fully saturated rings. The van der Waals surface area contributed by atoms with E-state index in [1.807, 2.05) is 9.80 Å². The minimum absolute atomic E-state index is 0.0509. The Balaban J connectivity index is 1.57. The molecule has 0 amide bonds. The molecular formula is C18H18F4N4O2. The first-order valence-corrected chi connectivity index (χ1v) is 8.64. The van der Waals surface area contributed by atoms with Gasteiger partial charge in [0, 0.05) is 32.7 Å². The van der Waals surface area contributed by atoms with E-state index in [4.69, 9.17) is 5.11 Å². The van der Waals surface area contributed by atoms with Crippen molar-refractivity contribution in [2.75, 3.05) is 37.6 Å². The number of hydrogen-bond donors (Lipinski definition) is 1. The molecule has 0 radical (unpaired) electrons. The molecule has 0 spiro atoms. The third-order valence-corrected chi connectivity index (χ3v) is 4.64. The van der Waals surface area contributed by atoms with E-state index in [0.717, 1.165) is 18.2 Å². The average Bonchev–Trinajstić information content (AvgIpc) is 2.66. The summed E-state index contributed by atoms with van der Waals surface area (Å²) in [5.41, 5.74) is -0.996. The summed E-state index contributed by atoms with van der Waals surface area (Å²) >= 11 is 0. The van der Waals surface area contributed by atoms with Gasteiger partial charge < -0.3 is 10.0 Å². The van der Waals surface area contributed by atoms with Crippen LogP contribution in [0.5, 0.6) is 0 Å². The minimum Gasteiger partial charge on any atom is -0.476 e. The van der Waals surface area contributed by atoms with Gasteiger partial charge in [-0.05, 0) is 42.3 Å². The molecule has 1 aliphatic rings. The Morgan fingerprint density at radius 1 is 1.07 bits per heavy atom. The smallest absolute Gasteiger partial charge is 0.416 e. The second-order valence-electron chi connectivity index (χ2n) is 6.46. The second kappa shape index (κ2) is 8.09. The highest BCUT2D eigenvalue weighted by Gasteiger charge is 2.33. The van der Waals surface area contributed by atoms with Crippen molar-refractivity contribution in [2.24, 2.45) is 0 Å². The first-order chi connectivity index (χ1) is 13.2. The zero-order valence-electron chi connectivity index (χ0n) is 14.8.